The van der Waals surface area contributed by atoms with Gasteiger partial charge in [-0.05, 0) is 51.7 Å². The average Bonchev–Trinajstić information content (AvgIpc) is 2.85. The van der Waals surface area contributed by atoms with Gasteiger partial charge >= 0.3 is 12.0 Å². The highest BCUT2D eigenvalue weighted by molar-refractivity contribution is 6.08. The molecule has 1 aliphatic heterocycles. The molecule has 0 spiro atoms. The lowest BCUT2D eigenvalue weighted by Crippen LogP contribution is -2.44. The molecule has 0 saturated carbocycles. The van der Waals surface area contributed by atoms with Crippen LogP contribution in [0.5, 0.6) is 0 Å². The molecule has 4 amide bonds. The standard InChI is InChI=1S/C21H29N3O5/c1-13(2)10-11-21(5)19(27)24(20(28)23-21)12-17(25)29-15(4)18(26)22-16-8-6-14(3)7-9-16/h6-9,13,15H,10-12H2,1-5H3,(H,22,26)(H,23,28)/t15-,21-/m0/s1. The van der Waals surface area contributed by atoms with Crippen molar-refractivity contribution < 1.29 is 23.9 Å². The third kappa shape index (κ3) is 5.79. The first-order chi connectivity index (χ1) is 13.5. The molecule has 0 unspecified atom stereocenters. The largest absolute Gasteiger partial charge is 0.451 e. The second-order valence-corrected chi connectivity index (χ2v) is 8.07. The quantitative estimate of drug-likeness (QED) is 0.513. The van der Waals surface area contributed by atoms with Crippen LogP contribution in [-0.2, 0) is 19.1 Å². The fourth-order valence-corrected chi connectivity index (χ4v) is 2.94. The summed E-state index contributed by atoms with van der Waals surface area (Å²) in [6.07, 6.45) is 0.171. The Balaban J connectivity index is 1.90. The van der Waals surface area contributed by atoms with Crippen molar-refractivity contribution in [3.8, 4) is 0 Å². The lowest BCUT2D eigenvalue weighted by Gasteiger charge is -2.22. The zero-order valence-electron chi connectivity index (χ0n) is 17.6. The Morgan fingerprint density at radius 1 is 1.17 bits per heavy atom. The highest BCUT2D eigenvalue weighted by atomic mass is 16.5. The zero-order chi connectivity index (χ0) is 21.8. The van der Waals surface area contributed by atoms with Gasteiger partial charge in [0.25, 0.3) is 11.8 Å². The Bertz CT molecular complexity index is 790. The normalized spacial score (nSPS) is 19.9. The number of carbonyl (C=O) groups is 4. The molecule has 1 heterocycles. The molecule has 2 N–H and O–H groups in total. The number of nitrogens with zero attached hydrogens (tertiary/aromatic N) is 1. The van der Waals surface area contributed by atoms with Crippen molar-refractivity contribution in [3.63, 3.8) is 0 Å². The molecule has 158 valence electrons. The lowest BCUT2D eigenvalue weighted by molar-refractivity contribution is -0.155. The number of anilines is 1. The van der Waals surface area contributed by atoms with Crippen LogP contribution >= 0.6 is 0 Å². The molecule has 2 atom stereocenters. The van der Waals surface area contributed by atoms with Crippen molar-refractivity contribution in [1.29, 1.82) is 0 Å². The number of esters is 1. The van der Waals surface area contributed by atoms with Crippen molar-refractivity contribution in [2.45, 2.75) is 59.1 Å². The molecule has 1 aliphatic rings. The van der Waals surface area contributed by atoms with Gasteiger partial charge in [-0.2, -0.15) is 0 Å². The Kier molecular flexibility index (Phi) is 7.00. The molecule has 0 radical (unpaired) electrons. The van der Waals surface area contributed by atoms with Crippen LogP contribution < -0.4 is 10.6 Å². The topological polar surface area (TPSA) is 105 Å². The van der Waals surface area contributed by atoms with Crippen molar-refractivity contribution in [3.05, 3.63) is 29.8 Å². The Morgan fingerprint density at radius 3 is 2.38 bits per heavy atom. The monoisotopic (exact) mass is 403 g/mol. The van der Waals surface area contributed by atoms with Gasteiger partial charge in [-0.3, -0.25) is 19.3 Å². The molecule has 29 heavy (non-hydrogen) atoms. The Hall–Kier alpha value is -2.90. The van der Waals surface area contributed by atoms with Crippen LogP contribution in [0.3, 0.4) is 0 Å². The first-order valence-electron chi connectivity index (χ1n) is 9.73. The van der Waals surface area contributed by atoms with Crippen molar-refractivity contribution >= 4 is 29.5 Å². The van der Waals surface area contributed by atoms with E-state index in [4.69, 9.17) is 4.74 Å². The summed E-state index contributed by atoms with van der Waals surface area (Å²) in [7, 11) is 0. The van der Waals surface area contributed by atoms with Gasteiger partial charge in [-0.15, -0.1) is 0 Å². The summed E-state index contributed by atoms with van der Waals surface area (Å²) < 4.78 is 5.11. The van der Waals surface area contributed by atoms with Gasteiger partial charge in [-0.1, -0.05) is 31.5 Å². The fourth-order valence-electron chi connectivity index (χ4n) is 2.94. The van der Waals surface area contributed by atoms with Gasteiger partial charge < -0.3 is 15.4 Å². The molecule has 0 bridgehead atoms. The van der Waals surface area contributed by atoms with Crippen molar-refractivity contribution in [2.75, 3.05) is 11.9 Å². The maximum absolute atomic E-state index is 12.6. The molecule has 8 nitrogen and oxygen atoms in total. The van der Waals surface area contributed by atoms with Gasteiger partial charge in [0.2, 0.25) is 0 Å². The summed E-state index contributed by atoms with van der Waals surface area (Å²) in [5, 5.41) is 5.30. The van der Waals surface area contributed by atoms with E-state index < -0.39 is 42.0 Å². The fraction of sp³-hybridized carbons (Fsp3) is 0.524. The smallest absolute Gasteiger partial charge is 0.327 e. The van der Waals surface area contributed by atoms with E-state index in [1.165, 1.54) is 6.92 Å². The third-order valence-electron chi connectivity index (χ3n) is 4.85. The first-order valence-corrected chi connectivity index (χ1v) is 9.73. The van der Waals surface area contributed by atoms with E-state index in [1.54, 1.807) is 19.1 Å². The van der Waals surface area contributed by atoms with Gasteiger partial charge in [-0.25, -0.2) is 4.79 Å². The molecule has 1 aromatic rings. The van der Waals surface area contributed by atoms with Crippen LogP contribution in [0.2, 0.25) is 0 Å². The summed E-state index contributed by atoms with van der Waals surface area (Å²) in [6, 6.07) is 6.55. The molecule has 1 saturated heterocycles. The maximum Gasteiger partial charge on any atom is 0.327 e. The molecular weight excluding hydrogens is 374 g/mol. The number of nitrogens with one attached hydrogen (secondary N) is 2. The number of carbonyl (C=O) groups excluding carboxylic acids is 4. The van der Waals surface area contributed by atoms with Crippen LogP contribution in [0.15, 0.2) is 24.3 Å². The predicted octanol–water partition coefficient (Wildman–Crippen LogP) is 2.61. The predicted molar refractivity (Wildman–Crippen MR) is 108 cm³/mol. The number of hydrogen-bond donors (Lipinski definition) is 2. The molecule has 2 rings (SSSR count). The minimum atomic E-state index is -1.07. The zero-order valence-corrected chi connectivity index (χ0v) is 17.6. The van der Waals surface area contributed by atoms with Gasteiger partial charge in [0, 0.05) is 5.69 Å². The average molecular weight is 403 g/mol. The third-order valence-corrected chi connectivity index (χ3v) is 4.85. The van der Waals surface area contributed by atoms with Crippen LogP contribution in [0.25, 0.3) is 0 Å². The van der Waals surface area contributed by atoms with Crippen LogP contribution in [0, 0.1) is 12.8 Å². The van der Waals surface area contributed by atoms with E-state index in [0.29, 0.717) is 18.0 Å². The molecule has 1 fully saturated rings. The highest BCUT2D eigenvalue weighted by Crippen LogP contribution is 2.24. The summed E-state index contributed by atoms with van der Waals surface area (Å²) in [5.41, 5.74) is 0.603. The van der Waals surface area contributed by atoms with Crippen molar-refractivity contribution in [2.24, 2.45) is 5.92 Å². The number of amides is 4. The summed E-state index contributed by atoms with van der Waals surface area (Å²) in [6.45, 7) is 8.54. The van der Waals surface area contributed by atoms with E-state index in [0.717, 1.165) is 16.9 Å². The molecule has 0 aliphatic carbocycles. The number of rotatable bonds is 8. The second kappa shape index (κ2) is 9.07. The van der Waals surface area contributed by atoms with E-state index >= 15 is 0 Å². The second-order valence-electron chi connectivity index (χ2n) is 8.07. The molecule has 1 aromatic carbocycles. The van der Waals surface area contributed by atoms with Gasteiger partial charge in [0.1, 0.15) is 12.1 Å². The Morgan fingerprint density at radius 2 is 1.79 bits per heavy atom. The van der Waals surface area contributed by atoms with E-state index in [9.17, 15) is 19.2 Å². The number of imide groups is 1. The SMILES string of the molecule is Cc1ccc(NC(=O)[C@H](C)OC(=O)CN2C(=O)N[C@@](C)(CCC(C)C)C2=O)cc1. The van der Waals surface area contributed by atoms with Crippen molar-refractivity contribution in [1.82, 2.24) is 10.2 Å². The molecule has 0 aromatic heterocycles. The molecular formula is C21H29N3O5. The van der Waals surface area contributed by atoms with E-state index in [-0.39, 0.29) is 0 Å². The molecule has 8 heteroatoms. The summed E-state index contributed by atoms with van der Waals surface area (Å²) >= 11 is 0. The number of aryl methyl sites for hydroxylation is 1. The minimum Gasteiger partial charge on any atom is -0.451 e. The van der Waals surface area contributed by atoms with Crippen LogP contribution in [0.4, 0.5) is 10.5 Å². The van der Waals surface area contributed by atoms with Gasteiger partial charge in [0.05, 0.1) is 0 Å². The van der Waals surface area contributed by atoms with E-state index in [2.05, 4.69) is 10.6 Å². The number of benzene rings is 1. The number of hydrogen-bond acceptors (Lipinski definition) is 5. The van der Waals surface area contributed by atoms with Gasteiger partial charge in [0.15, 0.2) is 6.10 Å². The van der Waals surface area contributed by atoms with Crippen LogP contribution in [0.1, 0.15) is 46.1 Å². The maximum atomic E-state index is 12.6. The highest BCUT2D eigenvalue weighted by Gasteiger charge is 2.48. The number of urea groups is 1. The van der Waals surface area contributed by atoms with E-state index in [1.807, 2.05) is 32.9 Å². The summed E-state index contributed by atoms with van der Waals surface area (Å²) in [4.78, 5) is 50.1. The lowest BCUT2D eigenvalue weighted by atomic mass is 9.92. The minimum absolute atomic E-state index is 0.378. The number of ether oxygens (including phenoxy) is 1. The first kappa shape index (κ1) is 22.4. The van der Waals surface area contributed by atoms with Crippen LogP contribution in [-0.4, -0.2) is 46.9 Å². The Labute approximate surface area is 171 Å². The summed E-state index contributed by atoms with van der Waals surface area (Å²) in [5.74, 6) is -1.41.